The zero-order valence-corrected chi connectivity index (χ0v) is 12.9. The van der Waals surface area contributed by atoms with Crippen LogP contribution in [0.25, 0.3) is 0 Å². The maximum Gasteiger partial charge on any atom is 0.295 e. The molecule has 2 aromatic carbocycles. The molecule has 6 nitrogen and oxygen atoms in total. The maximum absolute atomic E-state index is 13.2. The van der Waals surface area contributed by atoms with E-state index < -0.39 is 10.7 Å². The molecule has 1 heterocycles. The van der Waals surface area contributed by atoms with E-state index in [0.29, 0.717) is 18.0 Å². The highest BCUT2D eigenvalue weighted by molar-refractivity contribution is 5.69. The number of ether oxygens (including phenoxy) is 2. The predicted molar refractivity (Wildman–Crippen MR) is 87.2 cm³/mol. The van der Waals surface area contributed by atoms with E-state index in [2.05, 4.69) is 5.32 Å². The third kappa shape index (κ3) is 3.99. The molecule has 0 aromatic heterocycles. The molecule has 7 heteroatoms. The highest BCUT2D eigenvalue weighted by atomic mass is 19.1. The van der Waals surface area contributed by atoms with Crippen molar-refractivity contribution in [2.24, 2.45) is 0 Å². The van der Waals surface area contributed by atoms with Gasteiger partial charge in [0.1, 0.15) is 23.9 Å². The van der Waals surface area contributed by atoms with E-state index >= 15 is 0 Å². The van der Waals surface area contributed by atoms with Crippen molar-refractivity contribution < 1.29 is 18.8 Å². The Morgan fingerprint density at radius 2 is 2.08 bits per heavy atom. The molecule has 24 heavy (non-hydrogen) atoms. The van der Waals surface area contributed by atoms with Gasteiger partial charge in [0, 0.05) is 12.3 Å². The van der Waals surface area contributed by atoms with E-state index in [1.807, 2.05) is 0 Å². The molecule has 126 valence electrons. The molecule has 0 spiro atoms. The van der Waals surface area contributed by atoms with Gasteiger partial charge in [-0.25, -0.2) is 4.39 Å². The number of nitrogens with one attached hydrogen (secondary N) is 1. The summed E-state index contributed by atoms with van der Waals surface area (Å²) in [6.45, 7) is 1.30. The summed E-state index contributed by atoms with van der Waals surface area (Å²) in [5.41, 5.74) is 0.567. The Morgan fingerprint density at radius 3 is 2.75 bits per heavy atom. The summed E-state index contributed by atoms with van der Waals surface area (Å²) in [5, 5.41) is 13.9. The normalized spacial score (nSPS) is 16.8. The fourth-order valence-electron chi connectivity index (χ4n) is 2.52. The first kappa shape index (κ1) is 16.2. The fraction of sp³-hybridized carbons (Fsp3) is 0.294. The van der Waals surface area contributed by atoms with Crippen LogP contribution >= 0.6 is 0 Å². The van der Waals surface area contributed by atoms with Crippen molar-refractivity contribution in [2.75, 3.05) is 18.5 Å². The Kier molecular flexibility index (Phi) is 4.90. The maximum atomic E-state index is 13.2. The van der Waals surface area contributed by atoms with Crippen LogP contribution in [0, 0.1) is 15.9 Å². The van der Waals surface area contributed by atoms with Gasteiger partial charge in [-0.05, 0) is 49.2 Å². The first-order chi connectivity index (χ1) is 11.6. The van der Waals surface area contributed by atoms with Gasteiger partial charge in [0.05, 0.1) is 17.1 Å². The summed E-state index contributed by atoms with van der Waals surface area (Å²) in [6, 6.07) is 10.4. The van der Waals surface area contributed by atoms with Gasteiger partial charge in [0.25, 0.3) is 5.69 Å². The van der Waals surface area contributed by atoms with Gasteiger partial charge in [-0.1, -0.05) is 0 Å². The standard InChI is InChI=1S/C17H17FN2O4/c18-12-3-8-16(17(10-12)20(21)22)19-13-4-6-14(7-5-13)24-11-15-2-1-9-23-15/h3-8,10,15,19H,1-2,9,11H2. The van der Waals surface area contributed by atoms with Crippen molar-refractivity contribution in [3.8, 4) is 5.75 Å². The third-order valence-electron chi connectivity index (χ3n) is 3.75. The van der Waals surface area contributed by atoms with Crippen LogP contribution < -0.4 is 10.1 Å². The first-order valence-electron chi connectivity index (χ1n) is 7.67. The second kappa shape index (κ2) is 7.27. The molecule has 1 unspecified atom stereocenters. The van der Waals surface area contributed by atoms with Gasteiger partial charge in [-0.15, -0.1) is 0 Å². The molecule has 0 saturated carbocycles. The van der Waals surface area contributed by atoms with E-state index in [0.717, 1.165) is 25.5 Å². The minimum atomic E-state index is -0.648. The van der Waals surface area contributed by atoms with Gasteiger partial charge in [-0.2, -0.15) is 0 Å². The molecule has 1 N–H and O–H groups in total. The summed E-state index contributed by atoms with van der Waals surface area (Å²) < 4.78 is 24.3. The molecule has 3 rings (SSSR count). The molecule has 0 radical (unpaired) electrons. The van der Waals surface area contributed by atoms with Crippen molar-refractivity contribution in [1.82, 2.24) is 0 Å². The quantitative estimate of drug-likeness (QED) is 0.638. The van der Waals surface area contributed by atoms with Crippen molar-refractivity contribution >= 4 is 17.1 Å². The van der Waals surface area contributed by atoms with Crippen LogP contribution in [0.4, 0.5) is 21.5 Å². The van der Waals surface area contributed by atoms with E-state index in [-0.39, 0.29) is 17.5 Å². The minimum absolute atomic E-state index is 0.143. The van der Waals surface area contributed by atoms with E-state index in [4.69, 9.17) is 9.47 Å². The summed E-state index contributed by atoms with van der Waals surface area (Å²) in [6.07, 6.45) is 2.21. The van der Waals surface area contributed by atoms with Gasteiger partial charge >= 0.3 is 0 Å². The van der Waals surface area contributed by atoms with Crippen molar-refractivity contribution in [3.63, 3.8) is 0 Å². The van der Waals surface area contributed by atoms with Crippen molar-refractivity contribution in [1.29, 1.82) is 0 Å². The monoisotopic (exact) mass is 332 g/mol. The fourth-order valence-corrected chi connectivity index (χ4v) is 2.52. The van der Waals surface area contributed by atoms with Crippen LogP contribution in [0.1, 0.15) is 12.8 Å². The third-order valence-corrected chi connectivity index (χ3v) is 3.75. The smallest absolute Gasteiger partial charge is 0.295 e. The molecule has 1 saturated heterocycles. The Balaban J connectivity index is 1.64. The lowest BCUT2D eigenvalue weighted by Gasteiger charge is -2.12. The second-order valence-electron chi connectivity index (χ2n) is 5.51. The van der Waals surface area contributed by atoms with Crippen molar-refractivity contribution in [3.05, 3.63) is 58.4 Å². The topological polar surface area (TPSA) is 73.6 Å². The number of halogens is 1. The number of hydrogen-bond acceptors (Lipinski definition) is 5. The minimum Gasteiger partial charge on any atom is -0.491 e. The molecule has 1 atom stereocenters. The summed E-state index contributed by atoms with van der Waals surface area (Å²) >= 11 is 0. The molecule has 0 aliphatic carbocycles. The summed E-state index contributed by atoms with van der Waals surface area (Å²) in [4.78, 5) is 10.4. The lowest BCUT2D eigenvalue weighted by molar-refractivity contribution is -0.384. The van der Waals surface area contributed by atoms with Crippen LogP contribution in [-0.2, 0) is 4.74 Å². The highest BCUT2D eigenvalue weighted by Gasteiger charge is 2.16. The molecule has 1 aliphatic heterocycles. The average molecular weight is 332 g/mol. The summed E-state index contributed by atoms with van der Waals surface area (Å²) in [7, 11) is 0. The number of nitrogens with zero attached hydrogens (tertiary/aromatic N) is 1. The largest absolute Gasteiger partial charge is 0.491 e. The van der Waals surface area contributed by atoms with Crippen LogP contribution in [0.2, 0.25) is 0 Å². The van der Waals surface area contributed by atoms with Crippen LogP contribution in [0.15, 0.2) is 42.5 Å². The molecule has 1 aliphatic rings. The number of rotatable bonds is 6. The van der Waals surface area contributed by atoms with Gasteiger partial charge in [-0.3, -0.25) is 10.1 Å². The predicted octanol–water partition coefficient (Wildman–Crippen LogP) is 4.04. The molecule has 2 aromatic rings. The number of anilines is 2. The number of benzene rings is 2. The Morgan fingerprint density at radius 1 is 1.29 bits per heavy atom. The van der Waals surface area contributed by atoms with Crippen molar-refractivity contribution in [2.45, 2.75) is 18.9 Å². The SMILES string of the molecule is O=[N+]([O-])c1cc(F)ccc1Nc1ccc(OCC2CCCO2)cc1. The van der Waals surface area contributed by atoms with Crippen LogP contribution in [-0.4, -0.2) is 24.2 Å². The number of nitro benzene ring substituents is 1. The molecular weight excluding hydrogens is 315 g/mol. The van der Waals surface area contributed by atoms with E-state index in [9.17, 15) is 14.5 Å². The van der Waals surface area contributed by atoms with E-state index in [1.165, 1.54) is 12.1 Å². The Labute approximate surface area is 138 Å². The van der Waals surface area contributed by atoms with Crippen LogP contribution in [0.3, 0.4) is 0 Å². The zero-order chi connectivity index (χ0) is 16.9. The van der Waals surface area contributed by atoms with Crippen LogP contribution in [0.5, 0.6) is 5.75 Å². The Bertz CT molecular complexity index is 715. The summed E-state index contributed by atoms with van der Waals surface area (Å²) in [5.74, 6) is 0.0507. The molecular formula is C17H17FN2O4. The van der Waals surface area contributed by atoms with Gasteiger partial charge in [0.15, 0.2) is 0 Å². The Hall–Kier alpha value is -2.67. The zero-order valence-electron chi connectivity index (χ0n) is 12.9. The lowest BCUT2D eigenvalue weighted by atomic mass is 10.2. The first-order valence-corrected chi connectivity index (χ1v) is 7.67. The van der Waals surface area contributed by atoms with Gasteiger partial charge in [0.2, 0.25) is 0 Å². The van der Waals surface area contributed by atoms with E-state index in [1.54, 1.807) is 24.3 Å². The average Bonchev–Trinajstić information content (AvgIpc) is 3.09. The van der Waals surface area contributed by atoms with Gasteiger partial charge < -0.3 is 14.8 Å². The molecule has 1 fully saturated rings. The highest BCUT2D eigenvalue weighted by Crippen LogP contribution is 2.29. The molecule has 0 bridgehead atoms. The number of hydrogen-bond donors (Lipinski definition) is 1. The second-order valence-corrected chi connectivity index (χ2v) is 5.51. The molecule has 0 amide bonds. The lowest BCUT2D eigenvalue weighted by Crippen LogP contribution is -2.16. The number of nitro groups is 1.